The van der Waals surface area contributed by atoms with Crippen LogP contribution in [0.3, 0.4) is 0 Å². The molecule has 252 valence electrons. The molecule has 0 bridgehead atoms. The number of amides is 1. The van der Waals surface area contributed by atoms with E-state index in [-0.39, 0.29) is 17.6 Å². The van der Waals surface area contributed by atoms with Crippen molar-refractivity contribution in [3.05, 3.63) is 107 Å². The Balaban J connectivity index is 1.09. The number of alkyl halides is 5. The van der Waals surface area contributed by atoms with Gasteiger partial charge in [-0.3, -0.25) is 19.5 Å². The van der Waals surface area contributed by atoms with E-state index >= 15 is 0 Å². The summed E-state index contributed by atoms with van der Waals surface area (Å²) in [5, 5.41) is 0. The summed E-state index contributed by atoms with van der Waals surface area (Å²) in [5.74, 6) is -0.624. The van der Waals surface area contributed by atoms with Crippen LogP contribution in [0.1, 0.15) is 64.7 Å². The second-order valence-corrected chi connectivity index (χ2v) is 13.2. The highest BCUT2D eigenvalue weighted by Crippen LogP contribution is 2.35. The molecule has 3 aromatic rings. The van der Waals surface area contributed by atoms with Gasteiger partial charge in [-0.05, 0) is 74.5 Å². The number of benzene rings is 3. The lowest BCUT2D eigenvalue weighted by Crippen LogP contribution is -2.58. The van der Waals surface area contributed by atoms with Crippen LogP contribution in [0.25, 0.3) is 0 Å². The molecule has 3 aliphatic rings. The lowest BCUT2D eigenvalue weighted by molar-refractivity contribution is -0.137. The molecule has 10 heteroatoms. The molecule has 0 N–H and O–H groups in total. The van der Waals surface area contributed by atoms with Crippen molar-refractivity contribution in [1.29, 1.82) is 0 Å². The largest absolute Gasteiger partial charge is 0.416 e. The number of carbonyl (C=O) groups excluding carboxylic acids is 1. The second-order valence-electron chi connectivity index (χ2n) is 13.2. The average molecular weight is 655 g/mol. The third-order valence-corrected chi connectivity index (χ3v) is 10.2. The Hall–Kier alpha value is -3.34. The van der Waals surface area contributed by atoms with Crippen LogP contribution < -0.4 is 0 Å². The summed E-state index contributed by atoms with van der Waals surface area (Å²) in [5.41, 5.74) is 0.0164. The number of likely N-dealkylation sites (tertiary alicyclic amines) is 2. The minimum Gasteiger partial charge on any atom is -0.335 e. The maximum Gasteiger partial charge on any atom is 0.416 e. The lowest BCUT2D eigenvalue weighted by atomic mass is 9.90. The van der Waals surface area contributed by atoms with Gasteiger partial charge in [0.15, 0.2) is 0 Å². The van der Waals surface area contributed by atoms with Crippen molar-refractivity contribution in [1.82, 2.24) is 19.6 Å². The maximum atomic E-state index is 13.8. The summed E-state index contributed by atoms with van der Waals surface area (Å²) >= 11 is 0. The fourth-order valence-electron chi connectivity index (χ4n) is 7.69. The molecule has 0 saturated carbocycles. The number of piperidine rings is 2. The van der Waals surface area contributed by atoms with Gasteiger partial charge in [-0.15, -0.1) is 0 Å². The Labute approximate surface area is 273 Å². The van der Waals surface area contributed by atoms with E-state index in [4.69, 9.17) is 0 Å². The summed E-state index contributed by atoms with van der Waals surface area (Å²) in [7, 11) is 0. The zero-order valence-corrected chi connectivity index (χ0v) is 26.6. The molecule has 6 rings (SSSR count). The third-order valence-electron chi connectivity index (χ3n) is 10.2. The van der Waals surface area contributed by atoms with Gasteiger partial charge in [-0.25, -0.2) is 8.78 Å². The Bertz CT molecular complexity index is 1450. The number of rotatable bonds is 8. The zero-order valence-electron chi connectivity index (χ0n) is 26.6. The molecule has 1 amide bonds. The van der Waals surface area contributed by atoms with Crippen molar-refractivity contribution in [3.8, 4) is 0 Å². The number of hydrogen-bond donors (Lipinski definition) is 0. The molecule has 0 aliphatic carbocycles. The van der Waals surface area contributed by atoms with Gasteiger partial charge in [0, 0.05) is 68.5 Å². The van der Waals surface area contributed by atoms with Gasteiger partial charge in [0.25, 0.3) is 12.3 Å². The molecule has 3 aliphatic heterocycles. The number of carbonyl (C=O) groups is 1. The first-order valence-corrected chi connectivity index (χ1v) is 16.7. The quantitative estimate of drug-likeness (QED) is 0.242. The SMILES string of the molecule is O=C(c1cc(C(F)F)cc(C(F)(F)F)c1)N1CCC(N2CCN(C3CCN(Cc4ccccc4)CC3)CC2)CC1Cc1ccccc1. The molecule has 3 aromatic carbocycles. The highest BCUT2D eigenvalue weighted by atomic mass is 19.4. The van der Waals surface area contributed by atoms with Crippen molar-refractivity contribution < 1.29 is 26.7 Å². The van der Waals surface area contributed by atoms with Crippen LogP contribution in [0.15, 0.2) is 78.9 Å². The number of halogens is 5. The van der Waals surface area contributed by atoms with Crippen LogP contribution in [-0.2, 0) is 19.1 Å². The molecule has 5 nitrogen and oxygen atoms in total. The van der Waals surface area contributed by atoms with Gasteiger partial charge in [0.05, 0.1) is 5.56 Å². The van der Waals surface area contributed by atoms with Crippen molar-refractivity contribution in [2.24, 2.45) is 0 Å². The molecule has 3 fully saturated rings. The maximum absolute atomic E-state index is 13.8. The van der Waals surface area contributed by atoms with Gasteiger partial charge < -0.3 is 4.90 Å². The van der Waals surface area contributed by atoms with E-state index in [0.717, 1.165) is 70.3 Å². The fraction of sp³-hybridized carbons (Fsp3) is 0.486. The first-order chi connectivity index (χ1) is 22.6. The topological polar surface area (TPSA) is 30.0 Å². The van der Waals surface area contributed by atoms with Crippen molar-refractivity contribution in [2.75, 3.05) is 45.8 Å². The smallest absolute Gasteiger partial charge is 0.335 e. The summed E-state index contributed by atoms with van der Waals surface area (Å²) in [4.78, 5) is 23.1. The number of nitrogens with zero attached hydrogens (tertiary/aromatic N) is 4. The first-order valence-electron chi connectivity index (χ1n) is 16.7. The van der Waals surface area contributed by atoms with E-state index in [1.165, 1.54) is 5.56 Å². The predicted molar refractivity (Wildman–Crippen MR) is 172 cm³/mol. The van der Waals surface area contributed by atoms with Gasteiger partial charge >= 0.3 is 6.18 Å². The van der Waals surface area contributed by atoms with Crippen LogP contribution >= 0.6 is 0 Å². The summed E-state index contributed by atoms with van der Waals surface area (Å²) < 4.78 is 68.0. The van der Waals surface area contributed by atoms with Crippen LogP contribution in [0.2, 0.25) is 0 Å². The van der Waals surface area contributed by atoms with E-state index in [0.29, 0.717) is 44.0 Å². The van der Waals surface area contributed by atoms with E-state index in [9.17, 15) is 26.7 Å². The van der Waals surface area contributed by atoms with Crippen LogP contribution in [0.5, 0.6) is 0 Å². The lowest BCUT2D eigenvalue weighted by Gasteiger charge is -2.48. The molecule has 0 radical (unpaired) electrons. The van der Waals surface area contributed by atoms with Crippen molar-refractivity contribution in [3.63, 3.8) is 0 Å². The minimum absolute atomic E-state index is 0.237. The van der Waals surface area contributed by atoms with Crippen LogP contribution in [-0.4, -0.2) is 89.4 Å². The third kappa shape index (κ3) is 8.39. The molecule has 3 heterocycles. The molecule has 47 heavy (non-hydrogen) atoms. The highest BCUT2D eigenvalue weighted by molar-refractivity contribution is 5.95. The standard InChI is InChI=1S/C37H43F5N4O/c38-35(39)29-22-30(24-31(23-29)37(40,41)42)36(47)46-16-13-33(25-34(46)21-27-7-3-1-4-8-27)45-19-17-44(18-20-45)32-11-14-43(15-12-32)26-28-9-5-2-6-10-28/h1-10,22-24,32-35H,11-21,25-26H2. The van der Waals surface area contributed by atoms with Crippen molar-refractivity contribution >= 4 is 5.91 Å². The Morgan fingerprint density at radius 2 is 1.30 bits per heavy atom. The van der Waals surface area contributed by atoms with E-state index in [1.807, 2.05) is 30.3 Å². The molecular formula is C37H43F5N4O. The summed E-state index contributed by atoms with van der Waals surface area (Å²) in [6, 6.07) is 23.0. The monoisotopic (exact) mass is 654 g/mol. The molecule has 0 spiro atoms. The number of piperazine rings is 1. The Morgan fingerprint density at radius 1 is 0.723 bits per heavy atom. The van der Waals surface area contributed by atoms with E-state index in [1.54, 1.807) is 4.90 Å². The Morgan fingerprint density at radius 3 is 1.89 bits per heavy atom. The average Bonchev–Trinajstić information content (AvgIpc) is 3.09. The molecule has 3 saturated heterocycles. The molecule has 0 aromatic heterocycles. The molecular weight excluding hydrogens is 611 g/mol. The van der Waals surface area contributed by atoms with Gasteiger partial charge in [-0.2, -0.15) is 13.2 Å². The highest BCUT2D eigenvalue weighted by Gasteiger charge is 2.38. The van der Waals surface area contributed by atoms with E-state index in [2.05, 4.69) is 45.0 Å². The normalized spacial score (nSPS) is 22.6. The van der Waals surface area contributed by atoms with Gasteiger partial charge in [0.2, 0.25) is 0 Å². The molecule has 2 unspecified atom stereocenters. The first kappa shape index (κ1) is 33.6. The van der Waals surface area contributed by atoms with Gasteiger partial charge in [-0.1, -0.05) is 60.7 Å². The van der Waals surface area contributed by atoms with E-state index < -0.39 is 29.6 Å². The fourth-order valence-corrected chi connectivity index (χ4v) is 7.69. The van der Waals surface area contributed by atoms with Crippen LogP contribution in [0, 0.1) is 0 Å². The predicted octanol–water partition coefficient (Wildman–Crippen LogP) is 7.14. The summed E-state index contributed by atoms with van der Waals surface area (Å²) in [6.07, 6.45) is -3.71. The number of hydrogen-bond acceptors (Lipinski definition) is 4. The van der Waals surface area contributed by atoms with Crippen molar-refractivity contribution in [2.45, 2.75) is 69.4 Å². The second kappa shape index (κ2) is 14.8. The van der Waals surface area contributed by atoms with Gasteiger partial charge in [0.1, 0.15) is 0 Å². The minimum atomic E-state index is -4.84. The Kier molecular flexibility index (Phi) is 10.6. The summed E-state index contributed by atoms with van der Waals surface area (Å²) in [6.45, 7) is 7.41. The molecule has 2 atom stereocenters. The zero-order chi connectivity index (χ0) is 33.0. The van der Waals surface area contributed by atoms with Crippen LogP contribution in [0.4, 0.5) is 22.0 Å².